The van der Waals surface area contributed by atoms with Gasteiger partial charge >= 0.3 is 0 Å². The smallest absolute Gasteiger partial charge is 0.188 e. The lowest BCUT2D eigenvalue weighted by Gasteiger charge is -2.30. The summed E-state index contributed by atoms with van der Waals surface area (Å²) in [6.07, 6.45) is 7.55. The van der Waals surface area contributed by atoms with Crippen LogP contribution >= 0.6 is 0 Å². The summed E-state index contributed by atoms with van der Waals surface area (Å²) in [5.41, 5.74) is 1.02. The van der Waals surface area contributed by atoms with E-state index in [-0.39, 0.29) is 23.8 Å². The van der Waals surface area contributed by atoms with Gasteiger partial charge in [-0.1, -0.05) is 68.5 Å². The highest BCUT2D eigenvalue weighted by Gasteiger charge is 2.37. The van der Waals surface area contributed by atoms with E-state index in [4.69, 9.17) is 0 Å². The third-order valence-corrected chi connectivity index (χ3v) is 8.66. The van der Waals surface area contributed by atoms with E-state index in [1.165, 1.54) is 44.2 Å². The van der Waals surface area contributed by atoms with Gasteiger partial charge in [0.25, 0.3) is 0 Å². The van der Waals surface area contributed by atoms with Gasteiger partial charge in [-0.05, 0) is 42.5 Å². The minimum atomic E-state index is -4.08. The molecule has 1 aliphatic heterocycles. The molecule has 2 aromatic carbocycles. The Kier molecular flexibility index (Phi) is 7.39. The fraction of sp³-hybridized carbons (Fsp3) is 0.462. The minimum Gasteiger partial charge on any atom is -0.307 e. The molecule has 0 unspecified atom stereocenters. The summed E-state index contributed by atoms with van der Waals surface area (Å²) < 4.78 is 38.7. The van der Waals surface area contributed by atoms with Crippen molar-refractivity contribution in [2.45, 2.75) is 55.9 Å². The summed E-state index contributed by atoms with van der Waals surface area (Å²) >= 11 is 0. The molecule has 2 fully saturated rings. The van der Waals surface area contributed by atoms with Crippen molar-refractivity contribution in [2.24, 2.45) is 11.8 Å². The second-order valence-electron chi connectivity index (χ2n) is 9.24. The van der Waals surface area contributed by atoms with Crippen molar-refractivity contribution in [3.05, 3.63) is 65.5 Å². The summed E-state index contributed by atoms with van der Waals surface area (Å²) in [4.78, 5) is 25.1. The first-order valence-corrected chi connectivity index (χ1v) is 13.4. The summed E-state index contributed by atoms with van der Waals surface area (Å²) in [6.45, 7) is 0.876. The Hall–Kier alpha value is -2.38. The molecule has 1 saturated carbocycles. The van der Waals surface area contributed by atoms with Crippen molar-refractivity contribution < 1.29 is 22.4 Å². The molecule has 0 aromatic heterocycles. The molecule has 33 heavy (non-hydrogen) atoms. The molecular formula is C26H30FNO4S. The zero-order valence-electron chi connectivity index (χ0n) is 18.6. The van der Waals surface area contributed by atoms with E-state index < -0.39 is 32.1 Å². The topological polar surface area (TPSA) is 80.3 Å². The summed E-state index contributed by atoms with van der Waals surface area (Å²) in [5, 5.41) is 3.40. The van der Waals surface area contributed by atoms with Crippen LogP contribution in [0.15, 0.2) is 53.4 Å². The normalized spacial score (nSPS) is 21.7. The molecule has 5 nitrogen and oxygen atoms in total. The second-order valence-corrected chi connectivity index (χ2v) is 11.2. The van der Waals surface area contributed by atoms with E-state index in [1.807, 2.05) is 0 Å². The predicted octanol–water partition coefficient (Wildman–Crippen LogP) is 4.15. The molecule has 7 heteroatoms. The zero-order valence-corrected chi connectivity index (χ0v) is 19.5. The number of hydrogen-bond donors (Lipinski definition) is 1. The number of nitrogens with one attached hydrogen (secondary N) is 1. The van der Waals surface area contributed by atoms with Crippen molar-refractivity contribution in [3.63, 3.8) is 0 Å². The van der Waals surface area contributed by atoms with Crippen LogP contribution in [0, 0.1) is 17.7 Å². The van der Waals surface area contributed by atoms with Gasteiger partial charge < -0.3 is 5.32 Å². The number of halogens is 1. The summed E-state index contributed by atoms with van der Waals surface area (Å²) in [6, 6.07) is 11.4. The van der Waals surface area contributed by atoms with E-state index in [9.17, 15) is 22.4 Å². The summed E-state index contributed by atoms with van der Waals surface area (Å²) in [7, 11) is -4.08. The van der Waals surface area contributed by atoms with Crippen LogP contribution in [0.5, 0.6) is 0 Å². The highest BCUT2D eigenvalue weighted by atomic mass is 32.2. The fourth-order valence-corrected chi connectivity index (χ4v) is 6.61. The van der Waals surface area contributed by atoms with Gasteiger partial charge in [-0.25, -0.2) is 12.8 Å². The highest BCUT2D eigenvalue weighted by molar-refractivity contribution is 7.92. The minimum absolute atomic E-state index is 0.111. The molecule has 1 N–H and O–H groups in total. The lowest BCUT2D eigenvalue weighted by Crippen LogP contribution is -2.40. The average Bonchev–Trinajstić information content (AvgIpc) is 3.30. The lowest BCUT2D eigenvalue weighted by atomic mass is 9.75. The van der Waals surface area contributed by atoms with Gasteiger partial charge in [-0.15, -0.1) is 0 Å². The van der Waals surface area contributed by atoms with Crippen LogP contribution in [0.4, 0.5) is 4.39 Å². The van der Waals surface area contributed by atoms with Gasteiger partial charge in [0.2, 0.25) is 0 Å². The standard InChI is InChI=1S/C26H30FNO4S/c27-22-8-4-5-9-25(22)33(31,32)17-24(30)20-12-10-18(11-13-20)16-23(29)26-21(14-15-28-26)19-6-2-1-3-7-19/h4-5,8-13,19,21,26,28H,1-3,6-7,14-17H2/t21-,26-/m0/s1. The van der Waals surface area contributed by atoms with Crippen molar-refractivity contribution in [1.29, 1.82) is 0 Å². The Labute approximate surface area is 194 Å². The molecule has 0 spiro atoms. The number of rotatable bonds is 8. The molecular weight excluding hydrogens is 441 g/mol. The summed E-state index contributed by atoms with van der Waals surface area (Å²) in [5.74, 6) is -1.08. The Morgan fingerprint density at radius 3 is 2.33 bits per heavy atom. The number of hydrogen-bond acceptors (Lipinski definition) is 5. The van der Waals surface area contributed by atoms with Crippen LogP contribution in [0.1, 0.15) is 54.4 Å². The number of Topliss-reactive ketones (excluding diaryl/α,β-unsaturated/α-hetero) is 2. The second kappa shape index (κ2) is 10.3. The molecule has 0 amide bonds. The van der Waals surface area contributed by atoms with Crippen LogP contribution in [0.2, 0.25) is 0 Å². The number of sulfone groups is 1. The Balaban J connectivity index is 1.38. The fourth-order valence-electron chi connectivity index (χ4n) is 5.30. The molecule has 1 saturated heterocycles. The number of carbonyl (C=O) groups is 2. The van der Waals surface area contributed by atoms with Crippen LogP contribution in [-0.4, -0.2) is 38.3 Å². The van der Waals surface area contributed by atoms with E-state index in [1.54, 1.807) is 24.3 Å². The van der Waals surface area contributed by atoms with Gasteiger partial charge in [0.15, 0.2) is 21.4 Å². The SMILES string of the molecule is O=C(CS(=O)(=O)c1ccccc1F)c1ccc(CC(=O)[C@H]2NCC[C@H]2C2CCCCC2)cc1. The number of carbonyl (C=O) groups excluding carboxylic acids is 2. The average molecular weight is 472 g/mol. The van der Waals surface area contributed by atoms with Gasteiger partial charge in [0.05, 0.1) is 6.04 Å². The van der Waals surface area contributed by atoms with Crippen molar-refractivity contribution in [2.75, 3.05) is 12.3 Å². The third-order valence-electron chi connectivity index (χ3n) is 7.02. The first kappa shape index (κ1) is 23.8. The molecule has 2 aliphatic rings. The van der Waals surface area contributed by atoms with E-state index in [0.717, 1.165) is 30.7 Å². The first-order valence-electron chi connectivity index (χ1n) is 11.7. The Morgan fingerprint density at radius 1 is 0.939 bits per heavy atom. The third kappa shape index (κ3) is 5.58. The maximum Gasteiger partial charge on any atom is 0.188 e. The highest BCUT2D eigenvalue weighted by Crippen LogP contribution is 2.36. The van der Waals surface area contributed by atoms with Crippen LogP contribution in [-0.2, 0) is 21.1 Å². The molecule has 1 heterocycles. The Bertz CT molecular complexity index is 1110. The first-order chi connectivity index (χ1) is 15.8. The van der Waals surface area contributed by atoms with Crippen LogP contribution < -0.4 is 5.32 Å². The van der Waals surface area contributed by atoms with E-state index >= 15 is 0 Å². The Morgan fingerprint density at radius 2 is 1.64 bits per heavy atom. The molecule has 4 rings (SSSR count). The molecule has 176 valence electrons. The monoisotopic (exact) mass is 471 g/mol. The molecule has 2 aromatic rings. The van der Waals surface area contributed by atoms with Crippen molar-refractivity contribution in [3.8, 4) is 0 Å². The maximum atomic E-state index is 13.9. The van der Waals surface area contributed by atoms with E-state index in [2.05, 4.69) is 5.32 Å². The van der Waals surface area contributed by atoms with Gasteiger partial charge in [0, 0.05) is 12.0 Å². The van der Waals surface area contributed by atoms with Crippen molar-refractivity contribution >= 4 is 21.4 Å². The zero-order chi connectivity index (χ0) is 23.4. The van der Waals surface area contributed by atoms with E-state index in [0.29, 0.717) is 11.8 Å². The molecule has 0 radical (unpaired) electrons. The van der Waals surface area contributed by atoms with Crippen LogP contribution in [0.3, 0.4) is 0 Å². The quantitative estimate of drug-likeness (QED) is 0.585. The van der Waals surface area contributed by atoms with Crippen molar-refractivity contribution in [1.82, 2.24) is 5.32 Å². The number of ketones is 2. The molecule has 2 atom stereocenters. The van der Waals surface area contributed by atoms with Crippen LogP contribution in [0.25, 0.3) is 0 Å². The molecule has 1 aliphatic carbocycles. The largest absolute Gasteiger partial charge is 0.307 e. The van der Waals surface area contributed by atoms with Gasteiger partial charge in [-0.3, -0.25) is 9.59 Å². The predicted molar refractivity (Wildman–Crippen MR) is 124 cm³/mol. The molecule has 0 bridgehead atoms. The van der Waals surface area contributed by atoms with Gasteiger partial charge in [0.1, 0.15) is 16.5 Å². The van der Waals surface area contributed by atoms with Gasteiger partial charge in [-0.2, -0.15) is 0 Å². The lowest BCUT2D eigenvalue weighted by molar-refractivity contribution is -0.121. The number of benzene rings is 2. The maximum absolute atomic E-state index is 13.9.